The number of guanidine groups is 1. The van der Waals surface area contributed by atoms with Crippen molar-refractivity contribution in [3.8, 4) is 0 Å². The van der Waals surface area contributed by atoms with E-state index in [1.54, 1.807) is 11.3 Å². The minimum Gasteiger partial charge on any atom is -0.383 e. The molecule has 0 saturated heterocycles. The summed E-state index contributed by atoms with van der Waals surface area (Å²) in [5.41, 5.74) is 0.363. The first-order valence-electron chi connectivity index (χ1n) is 7.15. The number of hydrogen-bond acceptors (Lipinski definition) is 3. The van der Waals surface area contributed by atoms with Crippen molar-refractivity contribution in [3.05, 3.63) is 22.4 Å². The molecule has 2 rings (SSSR count). The summed E-state index contributed by atoms with van der Waals surface area (Å²) in [6, 6.07) is 2.43. The highest BCUT2D eigenvalue weighted by Gasteiger charge is 2.46. The van der Waals surface area contributed by atoms with Crippen LogP contribution in [-0.2, 0) is 5.60 Å². The van der Waals surface area contributed by atoms with E-state index < -0.39 is 5.60 Å². The van der Waals surface area contributed by atoms with Crippen molar-refractivity contribution in [1.82, 2.24) is 10.6 Å². The van der Waals surface area contributed by atoms with Crippen LogP contribution in [-0.4, -0.2) is 30.2 Å². The molecule has 20 heavy (non-hydrogen) atoms. The molecule has 2 atom stereocenters. The van der Waals surface area contributed by atoms with Gasteiger partial charge in [-0.25, -0.2) is 4.99 Å². The monoisotopic (exact) mass is 295 g/mol. The standard InChI is InChI=1S/C15H25N3OS/c1-5-16-13(18-12-8-14(12,2)3)17-10-15(4,19)11-6-7-20-9-11/h6-7,9,12,19H,5,8,10H2,1-4H3,(H2,16,17,18). The maximum atomic E-state index is 10.5. The van der Waals surface area contributed by atoms with Gasteiger partial charge in [0, 0.05) is 12.6 Å². The maximum absolute atomic E-state index is 10.5. The highest BCUT2D eigenvalue weighted by atomic mass is 32.1. The molecule has 3 N–H and O–H groups in total. The molecule has 1 aromatic heterocycles. The molecule has 0 bridgehead atoms. The summed E-state index contributed by atoms with van der Waals surface area (Å²) in [5.74, 6) is 0.790. The minimum absolute atomic E-state index is 0.353. The molecule has 0 aromatic carbocycles. The molecule has 5 heteroatoms. The van der Waals surface area contributed by atoms with E-state index in [0.717, 1.165) is 18.1 Å². The van der Waals surface area contributed by atoms with Crippen LogP contribution in [0.2, 0.25) is 0 Å². The summed E-state index contributed by atoms with van der Waals surface area (Å²) < 4.78 is 0. The molecule has 2 unspecified atom stereocenters. The molecule has 1 aliphatic rings. The number of rotatable bonds is 5. The third kappa shape index (κ3) is 3.73. The van der Waals surface area contributed by atoms with Crippen LogP contribution in [0.4, 0.5) is 0 Å². The molecule has 0 spiro atoms. The van der Waals surface area contributed by atoms with Gasteiger partial charge in [-0.3, -0.25) is 0 Å². The predicted octanol–water partition coefficient (Wildman–Crippen LogP) is 2.31. The van der Waals surface area contributed by atoms with Crippen LogP contribution in [0.25, 0.3) is 0 Å². The number of hydrogen-bond donors (Lipinski definition) is 3. The Bertz CT molecular complexity index is 465. The molecule has 1 heterocycles. The van der Waals surface area contributed by atoms with Gasteiger partial charge in [0.05, 0.1) is 6.54 Å². The molecule has 0 radical (unpaired) electrons. The van der Waals surface area contributed by atoms with Gasteiger partial charge in [0.1, 0.15) is 5.60 Å². The molecule has 4 nitrogen and oxygen atoms in total. The third-order valence-electron chi connectivity index (χ3n) is 3.86. The third-order valence-corrected chi connectivity index (χ3v) is 4.54. The first-order chi connectivity index (χ1) is 9.35. The van der Waals surface area contributed by atoms with Crippen molar-refractivity contribution in [2.75, 3.05) is 13.1 Å². The lowest BCUT2D eigenvalue weighted by Gasteiger charge is -2.21. The Morgan fingerprint density at radius 2 is 2.30 bits per heavy atom. The molecule has 0 aliphatic heterocycles. The van der Waals surface area contributed by atoms with E-state index in [2.05, 4.69) is 29.5 Å². The molecule has 0 amide bonds. The first kappa shape index (κ1) is 15.3. The fourth-order valence-corrected chi connectivity index (χ4v) is 2.88. The summed E-state index contributed by atoms with van der Waals surface area (Å²) in [6.45, 7) is 9.52. The topological polar surface area (TPSA) is 56.7 Å². The molecule has 1 saturated carbocycles. The Morgan fingerprint density at radius 1 is 1.60 bits per heavy atom. The van der Waals surface area contributed by atoms with Crippen LogP contribution in [0.3, 0.4) is 0 Å². The van der Waals surface area contributed by atoms with Crippen LogP contribution in [0.5, 0.6) is 0 Å². The summed E-state index contributed by atoms with van der Waals surface area (Å²) in [4.78, 5) is 4.54. The maximum Gasteiger partial charge on any atom is 0.191 e. The van der Waals surface area contributed by atoms with Gasteiger partial charge < -0.3 is 15.7 Å². The minimum atomic E-state index is -0.915. The number of nitrogens with one attached hydrogen (secondary N) is 2. The molecular weight excluding hydrogens is 270 g/mol. The van der Waals surface area contributed by atoms with Gasteiger partial charge in [-0.2, -0.15) is 11.3 Å². The van der Waals surface area contributed by atoms with Crippen LogP contribution in [0.15, 0.2) is 21.8 Å². The molecular formula is C15H25N3OS. The number of aliphatic imine (C=N–C) groups is 1. The summed E-state index contributed by atoms with van der Waals surface area (Å²) >= 11 is 1.59. The van der Waals surface area contributed by atoms with Crippen molar-refractivity contribution in [2.45, 2.75) is 45.8 Å². The molecule has 1 aromatic rings. The van der Waals surface area contributed by atoms with Crippen molar-refractivity contribution in [2.24, 2.45) is 10.4 Å². The fourth-order valence-electron chi connectivity index (χ4n) is 2.09. The molecule has 1 aliphatic carbocycles. The summed E-state index contributed by atoms with van der Waals surface area (Å²) in [5, 5.41) is 21.1. The van der Waals surface area contributed by atoms with Gasteiger partial charge in [0.25, 0.3) is 0 Å². The van der Waals surface area contributed by atoms with Gasteiger partial charge in [-0.05, 0) is 48.1 Å². The van der Waals surface area contributed by atoms with Crippen molar-refractivity contribution in [3.63, 3.8) is 0 Å². The zero-order valence-electron chi connectivity index (χ0n) is 12.7. The largest absolute Gasteiger partial charge is 0.383 e. The van der Waals surface area contributed by atoms with E-state index in [0.29, 0.717) is 18.0 Å². The average molecular weight is 295 g/mol. The fraction of sp³-hybridized carbons (Fsp3) is 0.667. The zero-order valence-corrected chi connectivity index (χ0v) is 13.5. The van der Waals surface area contributed by atoms with Gasteiger partial charge in [0.2, 0.25) is 0 Å². The Balaban J connectivity index is 1.98. The molecule has 112 valence electrons. The average Bonchev–Trinajstić information content (AvgIpc) is 2.84. The number of aliphatic hydroxyl groups is 1. The van der Waals surface area contributed by atoms with Crippen molar-refractivity contribution < 1.29 is 5.11 Å². The van der Waals surface area contributed by atoms with Gasteiger partial charge in [0.15, 0.2) is 5.96 Å². The Hall–Kier alpha value is -1.07. The van der Waals surface area contributed by atoms with E-state index in [1.807, 2.05) is 30.7 Å². The van der Waals surface area contributed by atoms with Gasteiger partial charge in [-0.1, -0.05) is 13.8 Å². The summed E-state index contributed by atoms with van der Waals surface area (Å²) in [7, 11) is 0. The van der Waals surface area contributed by atoms with Gasteiger partial charge in [-0.15, -0.1) is 0 Å². The second-order valence-corrected chi connectivity index (χ2v) is 7.15. The van der Waals surface area contributed by atoms with Crippen LogP contribution in [0.1, 0.15) is 39.7 Å². The lowest BCUT2D eigenvalue weighted by atomic mass is 10.00. The normalized spacial score (nSPS) is 24.1. The Kier molecular flexibility index (Phi) is 4.39. The smallest absolute Gasteiger partial charge is 0.191 e. The van der Waals surface area contributed by atoms with Crippen LogP contribution in [0, 0.1) is 5.41 Å². The SMILES string of the molecule is CCNC(=NCC(C)(O)c1ccsc1)NC1CC1(C)C. The van der Waals surface area contributed by atoms with Gasteiger partial charge >= 0.3 is 0 Å². The number of nitrogens with zero attached hydrogens (tertiary/aromatic N) is 1. The lowest BCUT2D eigenvalue weighted by molar-refractivity contribution is 0.0677. The lowest BCUT2D eigenvalue weighted by Crippen LogP contribution is -2.41. The highest BCUT2D eigenvalue weighted by Crippen LogP contribution is 2.44. The zero-order chi connectivity index (χ0) is 14.8. The Labute approximate surface area is 125 Å². The van der Waals surface area contributed by atoms with Crippen LogP contribution >= 0.6 is 11.3 Å². The van der Waals surface area contributed by atoms with Crippen molar-refractivity contribution >= 4 is 17.3 Å². The summed E-state index contributed by atoms with van der Waals surface area (Å²) in [6.07, 6.45) is 1.17. The highest BCUT2D eigenvalue weighted by molar-refractivity contribution is 7.08. The van der Waals surface area contributed by atoms with E-state index in [1.165, 1.54) is 6.42 Å². The Morgan fingerprint density at radius 3 is 2.80 bits per heavy atom. The van der Waals surface area contributed by atoms with E-state index >= 15 is 0 Å². The second kappa shape index (κ2) is 5.74. The first-order valence-corrected chi connectivity index (χ1v) is 8.09. The number of thiophene rings is 1. The van der Waals surface area contributed by atoms with Crippen molar-refractivity contribution in [1.29, 1.82) is 0 Å². The van der Waals surface area contributed by atoms with E-state index in [9.17, 15) is 5.11 Å². The second-order valence-electron chi connectivity index (χ2n) is 6.37. The molecule has 1 fully saturated rings. The van der Waals surface area contributed by atoms with E-state index in [-0.39, 0.29) is 0 Å². The quantitative estimate of drug-likeness (QED) is 0.577. The van der Waals surface area contributed by atoms with Crippen LogP contribution < -0.4 is 10.6 Å². The predicted molar refractivity (Wildman–Crippen MR) is 85.2 cm³/mol. The van der Waals surface area contributed by atoms with E-state index in [4.69, 9.17) is 0 Å².